The highest BCUT2D eigenvalue weighted by Gasteiger charge is 2.27. The molecule has 2 aromatic rings. The van der Waals surface area contributed by atoms with Crippen LogP contribution < -0.4 is 10.1 Å². The highest BCUT2D eigenvalue weighted by molar-refractivity contribution is 5.80. The molecule has 7 heteroatoms. The van der Waals surface area contributed by atoms with Gasteiger partial charge in [-0.15, -0.1) is 0 Å². The molecule has 7 nitrogen and oxygen atoms in total. The molecule has 1 aliphatic rings. The van der Waals surface area contributed by atoms with Gasteiger partial charge in [0.05, 0.1) is 19.3 Å². The average molecular weight is 357 g/mol. The summed E-state index contributed by atoms with van der Waals surface area (Å²) in [6.45, 7) is 8.48. The minimum absolute atomic E-state index is 0.0437. The molecule has 3 rings (SSSR count). The Morgan fingerprint density at radius 3 is 2.88 bits per heavy atom. The summed E-state index contributed by atoms with van der Waals surface area (Å²) in [5.74, 6) is 3.04. The van der Waals surface area contributed by atoms with Crippen LogP contribution in [0, 0.1) is 0 Å². The topological polar surface area (TPSA) is 75.8 Å². The lowest BCUT2D eigenvalue weighted by Crippen LogP contribution is -2.40. The van der Waals surface area contributed by atoms with E-state index in [1.54, 1.807) is 19.4 Å². The fraction of sp³-hybridized carbons (Fsp3) is 0.526. The van der Waals surface area contributed by atoms with Crippen LogP contribution >= 0.6 is 0 Å². The van der Waals surface area contributed by atoms with Gasteiger partial charge in [0.2, 0.25) is 11.8 Å². The molecule has 0 spiro atoms. The number of aromatic nitrogens is 2. The number of ether oxygens (including phenoxy) is 1. The third-order valence-corrected chi connectivity index (χ3v) is 4.27. The molecule has 1 N–H and O–H groups in total. The molecule has 0 saturated carbocycles. The number of likely N-dealkylation sites (tertiary alicyclic amines) is 1. The van der Waals surface area contributed by atoms with Crippen LogP contribution in [0.5, 0.6) is 5.88 Å². The van der Waals surface area contributed by atoms with Crippen LogP contribution in [0.15, 0.2) is 40.0 Å². The first-order valence-corrected chi connectivity index (χ1v) is 8.94. The highest BCUT2D eigenvalue weighted by Crippen LogP contribution is 2.22. The van der Waals surface area contributed by atoms with Crippen LogP contribution in [0.1, 0.15) is 38.8 Å². The van der Waals surface area contributed by atoms with E-state index in [0.29, 0.717) is 18.3 Å². The number of hydrogen-bond donors (Lipinski definition) is 1. The van der Waals surface area contributed by atoms with E-state index in [4.69, 9.17) is 9.15 Å². The van der Waals surface area contributed by atoms with Gasteiger partial charge in [-0.25, -0.2) is 9.97 Å². The van der Waals surface area contributed by atoms with E-state index in [1.165, 1.54) is 0 Å². The lowest BCUT2D eigenvalue weighted by molar-refractivity contribution is 0.205. The quantitative estimate of drug-likeness (QED) is 0.670. The Labute approximate surface area is 154 Å². The van der Waals surface area contributed by atoms with E-state index in [-0.39, 0.29) is 11.5 Å². The minimum Gasteiger partial charge on any atom is -0.472 e. The van der Waals surface area contributed by atoms with E-state index in [9.17, 15) is 0 Å². The first-order chi connectivity index (χ1) is 12.5. The summed E-state index contributed by atoms with van der Waals surface area (Å²) < 4.78 is 11.8. The normalized spacial score (nSPS) is 18.2. The van der Waals surface area contributed by atoms with Gasteiger partial charge in [-0.05, 0) is 6.07 Å². The van der Waals surface area contributed by atoms with Crippen LogP contribution in [0.4, 0.5) is 0 Å². The van der Waals surface area contributed by atoms with Crippen LogP contribution in [-0.2, 0) is 12.0 Å². The predicted molar refractivity (Wildman–Crippen MR) is 100 cm³/mol. The zero-order valence-corrected chi connectivity index (χ0v) is 15.9. The molecule has 0 radical (unpaired) electrons. The summed E-state index contributed by atoms with van der Waals surface area (Å²) >= 11 is 0. The zero-order chi connectivity index (χ0) is 18.6. The molecule has 140 valence electrons. The minimum atomic E-state index is -0.0437. The van der Waals surface area contributed by atoms with E-state index in [1.807, 2.05) is 18.2 Å². The van der Waals surface area contributed by atoms with Crippen LogP contribution in [-0.4, -0.2) is 47.1 Å². The van der Waals surface area contributed by atoms with E-state index in [2.05, 4.69) is 45.9 Å². The van der Waals surface area contributed by atoms with Gasteiger partial charge in [0.1, 0.15) is 11.9 Å². The van der Waals surface area contributed by atoms with Crippen LogP contribution in [0.2, 0.25) is 0 Å². The fourth-order valence-corrected chi connectivity index (χ4v) is 2.83. The predicted octanol–water partition coefficient (Wildman–Crippen LogP) is 2.60. The summed E-state index contributed by atoms with van der Waals surface area (Å²) in [4.78, 5) is 15.1. The van der Waals surface area contributed by atoms with Gasteiger partial charge in [0, 0.05) is 37.7 Å². The number of pyridine rings is 1. The zero-order valence-electron chi connectivity index (χ0n) is 15.9. The Morgan fingerprint density at radius 2 is 2.23 bits per heavy atom. The van der Waals surface area contributed by atoms with Crippen molar-refractivity contribution in [2.45, 2.75) is 45.3 Å². The number of guanidine groups is 1. The fourth-order valence-electron chi connectivity index (χ4n) is 2.83. The maximum Gasteiger partial charge on any atom is 0.213 e. The Balaban J connectivity index is 1.52. The summed E-state index contributed by atoms with van der Waals surface area (Å²) in [6, 6.07) is 5.69. The second-order valence-corrected chi connectivity index (χ2v) is 7.41. The molecule has 0 amide bonds. The highest BCUT2D eigenvalue weighted by atomic mass is 16.5. The van der Waals surface area contributed by atoms with Crippen molar-refractivity contribution in [3.05, 3.63) is 42.2 Å². The van der Waals surface area contributed by atoms with Crippen molar-refractivity contribution in [1.82, 2.24) is 20.2 Å². The largest absolute Gasteiger partial charge is 0.472 e. The van der Waals surface area contributed by atoms with Crippen molar-refractivity contribution in [1.29, 1.82) is 0 Å². The monoisotopic (exact) mass is 357 g/mol. The molecule has 26 heavy (non-hydrogen) atoms. The smallest absolute Gasteiger partial charge is 0.213 e. The number of nitrogens with zero attached hydrogens (tertiary/aromatic N) is 4. The summed E-state index contributed by atoms with van der Waals surface area (Å²) in [5, 5.41) is 3.33. The van der Waals surface area contributed by atoms with Gasteiger partial charge in [0.25, 0.3) is 0 Å². The lowest BCUT2D eigenvalue weighted by Gasteiger charge is -2.21. The number of oxazole rings is 1. The molecule has 1 unspecified atom stereocenters. The third kappa shape index (κ3) is 4.53. The van der Waals surface area contributed by atoms with Crippen LogP contribution in [0.25, 0.3) is 0 Å². The first-order valence-electron chi connectivity index (χ1n) is 8.94. The maximum atomic E-state index is 5.94. The third-order valence-electron chi connectivity index (χ3n) is 4.27. The number of aliphatic imine (C=N–C) groups is 1. The Hall–Kier alpha value is -2.57. The molecule has 0 aliphatic carbocycles. The van der Waals surface area contributed by atoms with Crippen molar-refractivity contribution in [2.24, 2.45) is 4.99 Å². The SMILES string of the molecule is CN=C(NCc1ncc(C(C)(C)C)o1)N1CCC(Oc2ccccn2)C1. The summed E-state index contributed by atoms with van der Waals surface area (Å²) in [7, 11) is 1.78. The Morgan fingerprint density at radius 1 is 1.38 bits per heavy atom. The van der Waals surface area contributed by atoms with E-state index in [0.717, 1.165) is 31.2 Å². The van der Waals surface area contributed by atoms with Gasteiger partial charge < -0.3 is 19.4 Å². The van der Waals surface area contributed by atoms with Gasteiger partial charge in [-0.1, -0.05) is 26.8 Å². The van der Waals surface area contributed by atoms with Crippen molar-refractivity contribution in [2.75, 3.05) is 20.1 Å². The molecule has 0 bridgehead atoms. The maximum absolute atomic E-state index is 5.94. The molecule has 0 aromatic carbocycles. The number of hydrogen-bond acceptors (Lipinski definition) is 5. The second kappa shape index (κ2) is 7.76. The average Bonchev–Trinajstić information content (AvgIpc) is 3.26. The molecule has 3 heterocycles. The summed E-state index contributed by atoms with van der Waals surface area (Å²) in [6.07, 6.45) is 4.58. The number of rotatable bonds is 4. The molecular formula is C19H27N5O2. The Bertz CT molecular complexity index is 736. The molecule has 1 fully saturated rings. The lowest BCUT2D eigenvalue weighted by atomic mass is 9.94. The van der Waals surface area contributed by atoms with Gasteiger partial charge in [-0.2, -0.15) is 0 Å². The molecule has 1 atom stereocenters. The van der Waals surface area contributed by atoms with Gasteiger partial charge >= 0.3 is 0 Å². The van der Waals surface area contributed by atoms with Crippen molar-refractivity contribution in [3.8, 4) is 5.88 Å². The molecule has 2 aromatic heterocycles. The Kier molecular flexibility index (Phi) is 5.44. The molecular weight excluding hydrogens is 330 g/mol. The van der Waals surface area contributed by atoms with E-state index >= 15 is 0 Å². The molecule has 1 saturated heterocycles. The van der Waals surface area contributed by atoms with Gasteiger partial charge in [0.15, 0.2) is 5.96 Å². The summed E-state index contributed by atoms with van der Waals surface area (Å²) in [5.41, 5.74) is -0.0437. The molecule has 1 aliphatic heterocycles. The van der Waals surface area contributed by atoms with Crippen LogP contribution in [0.3, 0.4) is 0 Å². The van der Waals surface area contributed by atoms with Gasteiger partial charge in [-0.3, -0.25) is 4.99 Å². The standard InChI is InChI=1S/C19H27N5O2/c1-19(2,3)15-11-22-17(26-15)12-23-18(20-4)24-10-8-14(13-24)25-16-7-5-6-9-21-16/h5-7,9,11,14H,8,10,12-13H2,1-4H3,(H,20,23). The second-order valence-electron chi connectivity index (χ2n) is 7.41. The van der Waals surface area contributed by atoms with E-state index < -0.39 is 0 Å². The first kappa shape index (κ1) is 18.2. The van der Waals surface area contributed by atoms with Crippen molar-refractivity contribution in [3.63, 3.8) is 0 Å². The number of nitrogens with one attached hydrogen (secondary N) is 1. The van der Waals surface area contributed by atoms with Crippen molar-refractivity contribution >= 4 is 5.96 Å². The van der Waals surface area contributed by atoms with Crippen molar-refractivity contribution < 1.29 is 9.15 Å².